The van der Waals surface area contributed by atoms with Gasteiger partial charge >= 0.3 is 0 Å². The van der Waals surface area contributed by atoms with Crippen LogP contribution in [-0.2, 0) is 102 Å². The number of allylic oxidation sites excluding steroid dienone is 3. The molecule has 24 heteroatoms. The summed E-state index contributed by atoms with van der Waals surface area (Å²) in [5.74, 6) is -1.67. The van der Waals surface area contributed by atoms with E-state index in [1.54, 1.807) is 54.6 Å². The minimum Gasteiger partial charge on any atom is -0.489 e. The topological polar surface area (TPSA) is 265 Å². The maximum atomic E-state index is 13.1. The zero-order valence-electron chi connectivity index (χ0n) is 67.7. The zero-order chi connectivity index (χ0) is 81.5. The second kappa shape index (κ2) is 31.3. The van der Waals surface area contributed by atoms with Crippen molar-refractivity contribution in [3.8, 4) is 17.2 Å². The number of hydrogen-bond acceptors (Lipinski definition) is 15. The Morgan fingerprint density at radius 1 is 0.431 bits per heavy atom. The van der Waals surface area contributed by atoms with Crippen LogP contribution in [0.15, 0.2) is 164 Å². The summed E-state index contributed by atoms with van der Waals surface area (Å²) in [7, 11) is 0. The lowest BCUT2D eigenvalue weighted by atomic mass is 10.0. The molecule has 0 saturated carbocycles. The van der Waals surface area contributed by atoms with E-state index >= 15 is 0 Å². The number of rotatable bonds is 18. The fraction of sp³-hybridized carbons (Fsp3) is 0.346. The normalized spacial score (nSPS) is 22.8. The van der Waals surface area contributed by atoms with Gasteiger partial charge in [0.25, 0.3) is 17.7 Å². The summed E-state index contributed by atoms with van der Waals surface area (Å²) >= 11 is 0. The van der Waals surface area contributed by atoms with Crippen LogP contribution in [0.3, 0.4) is 0 Å². The molecule has 9 heterocycles. The lowest BCUT2D eigenvalue weighted by Crippen LogP contribution is -2.49. The Hall–Kier alpha value is -11.0. The van der Waals surface area contributed by atoms with Gasteiger partial charge in [-0.3, -0.25) is 43.2 Å². The van der Waals surface area contributed by atoms with Crippen molar-refractivity contribution in [3.63, 3.8) is 0 Å². The smallest absolute Gasteiger partial charge is 0.255 e. The van der Waals surface area contributed by atoms with Gasteiger partial charge in [0.1, 0.15) is 75.0 Å². The predicted molar refractivity (Wildman–Crippen MR) is 371 cm³/mol. The molecule has 5 atom stereocenters. The van der Waals surface area contributed by atoms with E-state index in [0.717, 1.165) is 4.90 Å². The molecular formula is C78H81N9O15. The van der Waals surface area contributed by atoms with Gasteiger partial charge in [-0.05, 0) is 108 Å². The molecule has 102 heavy (non-hydrogen) atoms. The molecule has 9 aliphatic heterocycles. The van der Waals surface area contributed by atoms with Crippen molar-refractivity contribution in [2.24, 2.45) is 0 Å². The third-order valence-corrected chi connectivity index (χ3v) is 18.3. The summed E-state index contributed by atoms with van der Waals surface area (Å²) in [5, 5.41) is 8.12. The van der Waals surface area contributed by atoms with E-state index in [2.05, 4.69) is 35.7 Å². The van der Waals surface area contributed by atoms with Gasteiger partial charge in [-0.1, -0.05) is 111 Å². The number of fused-ring (bicyclic) bond motifs is 3. The van der Waals surface area contributed by atoms with Gasteiger partial charge < -0.3 is 73.8 Å². The first-order valence-electron chi connectivity index (χ1n) is 39.5. The summed E-state index contributed by atoms with van der Waals surface area (Å²) in [6.07, 6.45) is 3.19. The minimum absolute atomic E-state index is 0.000943. The van der Waals surface area contributed by atoms with Crippen molar-refractivity contribution in [1.29, 1.82) is 0 Å². The van der Waals surface area contributed by atoms with Crippen molar-refractivity contribution >= 4 is 53.2 Å². The lowest BCUT2D eigenvalue weighted by molar-refractivity contribution is -0.144. The molecule has 3 N–H and O–H groups in total. The number of ether oxygens (including phenoxy) is 6. The predicted octanol–water partition coefficient (Wildman–Crippen LogP) is 7.12. The molecular weight excluding hydrogens is 1300 g/mol. The molecule has 6 saturated heterocycles. The number of carbonyl (C=O) groups is 9. The molecule has 6 fully saturated rings. The van der Waals surface area contributed by atoms with Crippen molar-refractivity contribution in [1.82, 2.24) is 45.3 Å². The average molecular weight is 1400 g/mol. The average Bonchev–Trinajstić information content (AvgIpc) is 1.61. The highest BCUT2D eigenvalue weighted by atomic mass is 16.5. The summed E-state index contributed by atoms with van der Waals surface area (Å²) in [4.78, 5) is 121. The number of nitrogens with zero attached hydrogens (tertiary/aromatic N) is 6. The van der Waals surface area contributed by atoms with E-state index in [1.165, 1.54) is 48.8 Å². The van der Waals surface area contributed by atoms with Gasteiger partial charge in [0.15, 0.2) is 0 Å². The highest BCUT2D eigenvalue weighted by molar-refractivity contribution is 6.04. The van der Waals surface area contributed by atoms with Gasteiger partial charge in [-0.2, -0.15) is 0 Å². The molecule has 0 radical (unpaired) electrons. The zero-order valence-corrected chi connectivity index (χ0v) is 55.7. The Morgan fingerprint density at radius 3 is 1.28 bits per heavy atom. The third kappa shape index (κ3) is 15.9. The Balaban J connectivity index is 0.000000149. The summed E-state index contributed by atoms with van der Waals surface area (Å²) in [6.45, 7) is 7.65. The van der Waals surface area contributed by atoms with Gasteiger partial charge in [0.2, 0.25) is 35.4 Å². The first kappa shape index (κ1) is 55.8. The quantitative estimate of drug-likeness (QED) is 0.0774. The van der Waals surface area contributed by atoms with Gasteiger partial charge in [-0.25, -0.2) is 0 Å². The van der Waals surface area contributed by atoms with Crippen molar-refractivity contribution in [2.75, 3.05) is 59.3 Å². The van der Waals surface area contributed by atoms with Gasteiger partial charge in [0.05, 0.1) is 55.9 Å². The molecule has 528 valence electrons. The number of carbonyl (C=O) groups excluding carboxylic acids is 9. The van der Waals surface area contributed by atoms with Crippen molar-refractivity contribution in [3.05, 3.63) is 231 Å². The van der Waals surface area contributed by atoms with Crippen LogP contribution in [0.2, 0.25) is 0 Å². The van der Waals surface area contributed by atoms with Crippen LogP contribution in [0.1, 0.15) is 136 Å². The highest BCUT2D eigenvalue weighted by Crippen LogP contribution is 2.38. The number of benzene rings is 6. The molecule has 0 spiro atoms. The molecule has 0 bridgehead atoms. The summed E-state index contributed by atoms with van der Waals surface area (Å²) in [6, 6.07) is 17.0. The minimum atomic E-state index is -2.21. The van der Waals surface area contributed by atoms with Crippen molar-refractivity contribution in [2.45, 2.75) is 116 Å². The molecule has 9 amide bonds. The number of amides is 9. The number of piperidine rings is 3. The number of hydrogen-bond donors (Lipinski definition) is 3. The summed E-state index contributed by atoms with van der Waals surface area (Å²) in [5.41, 5.74) is 5.73. The van der Waals surface area contributed by atoms with Gasteiger partial charge in [-0.15, -0.1) is 0 Å². The van der Waals surface area contributed by atoms with E-state index < -0.39 is 49.5 Å². The van der Waals surface area contributed by atoms with Crippen LogP contribution < -0.4 is 30.2 Å². The van der Waals surface area contributed by atoms with Crippen LogP contribution in [0.25, 0.3) is 0 Å². The molecule has 9 aliphatic rings. The maximum absolute atomic E-state index is 13.1. The largest absolute Gasteiger partial charge is 0.489 e. The first-order chi connectivity index (χ1) is 54.4. The Kier molecular flexibility index (Phi) is 17.1. The van der Waals surface area contributed by atoms with E-state index in [9.17, 15) is 43.2 Å². The standard InChI is InChI=1S/3C26H27N3O5/c3*1-17-5-10-22(25(31)27-17)29-14-21-20(26(29)32)3-2-4-23(21)34-15-19-8-6-18(7-9-19)13-28-11-12-33-16-24(28)30/h3*2-4,6-9,22H,1,5,10-16H2,(H,27,31)/i6D,7D,8D,13D;6D,7D,8D,9D;6D,13D2,15D. The Labute approximate surface area is 607 Å². The molecule has 15 rings (SSSR count). The monoisotopic (exact) mass is 1400 g/mol. The maximum Gasteiger partial charge on any atom is 0.255 e. The van der Waals surface area contributed by atoms with E-state index in [4.69, 9.17) is 44.9 Å². The van der Waals surface area contributed by atoms with Crippen LogP contribution in [0.5, 0.6) is 17.2 Å². The van der Waals surface area contributed by atoms with Crippen LogP contribution in [-0.4, -0.2) is 160 Å². The van der Waals surface area contributed by atoms with Crippen LogP contribution in [0, 0.1) is 0 Å². The molecule has 6 aromatic rings. The second-order valence-electron chi connectivity index (χ2n) is 25.2. The molecule has 24 nitrogen and oxygen atoms in total. The Morgan fingerprint density at radius 2 is 0.824 bits per heavy atom. The van der Waals surface area contributed by atoms with E-state index in [-0.39, 0.29) is 203 Å². The summed E-state index contributed by atoms with van der Waals surface area (Å²) < 4.78 is 135. The second-order valence-corrected chi connectivity index (χ2v) is 25.2. The van der Waals surface area contributed by atoms with Crippen LogP contribution >= 0.6 is 0 Å². The fourth-order valence-electron chi connectivity index (χ4n) is 12.9. The van der Waals surface area contributed by atoms with Crippen LogP contribution in [0.4, 0.5) is 0 Å². The highest BCUT2D eigenvalue weighted by Gasteiger charge is 2.43. The molecule has 6 aromatic carbocycles. The molecule has 0 aliphatic carbocycles. The lowest BCUT2D eigenvalue weighted by Gasteiger charge is -2.31. The van der Waals surface area contributed by atoms with E-state index in [0.29, 0.717) is 125 Å². The van der Waals surface area contributed by atoms with Crippen molar-refractivity contribution < 1.29 is 88.0 Å². The Bertz CT molecular complexity index is 4990. The van der Waals surface area contributed by atoms with Gasteiger partial charge in [0, 0.05) is 89.7 Å². The number of nitrogens with one attached hydrogen (secondary N) is 3. The molecule has 0 aromatic heterocycles. The first-order valence-corrected chi connectivity index (χ1v) is 33.3. The molecule has 5 unspecified atom stereocenters. The van der Waals surface area contributed by atoms with E-state index in [1.807, 2.05) is 0 Å². The third-order valence-electron chi connectivity index (χ3n) is 18.3. The SMILES string of the molecule is [2H]c1c([2H])c(CN2CCOCC2=O)c([2H])c([2H])c1COc1cccc2c1CN(C1CCC(=C)NC1=O)C2=O.[2H]c1cc(C([2H])Oc2cccc3c2CN(C2CCC(=C)NC2=O)C3=O)ccc1C([2H])([2H])N1CCOCC1=O.[2H]c1cc(COc2cccc3c2CN(C2CCC(=C)NC2=O)C3=O)c([2H])c([2H])c1C([2H])N1CCOCC1=O. The fourth-order valence-corrected chi connectivity index (χ4v) is 12.9. The number of morpholine rings is 3.